The smallest absolute Gasteiger partial charge is 0.326 e. The highest BCUT2D eigenvalue weighted by atomic mass is 32.1. The third-order valence-electron chi connectivity index (χ3n) is 5.50. The van der Waals surface area contributed by atoms with Crippen LogP contribution >= 0.6 is 11.3 Å². The number of methoxy groups -OCH3 is 1. The molecule has 2 aromatic heterocycles. The number of benzene rings is 2. The summed E-state index contributed by atoms with van der Waals surface area (Å²) in [6, 6.07) is 13.1. The Bertz CT molecular complexity index is 1380. The van der Waals surface area contributed by atoms with Crippen molar-refractivity contribution < 1.29 is 23.6 Å². The van der Waals surface area contributed by atoms with E-state index in [9.17, 15) is 14.3 Å². The van der Waals surface area contributed by atoms with Crippen LogP contribution in [0.5, 0.6) is 11.5 Å². The van der Waals surface area contributed by atoms with Crippen molar-refractivity contribution in [1.29, 1.82) is 0 Å². The highest BCUT2D eigenvalue weighted by Gasteiger charge is 2.37. The highest BCUT2D eigenvalue weighted by molar-refractivity contribution is 7.13. The van der Waals surface area contributed by atoms with Crippen molar-refractivity contribution in [3.05, 3.63) is 82.9 Å². The number of carbonyl (C=O) groups is 1. The third kappa shape index (κ3) is 3.77. The van der Waals surface area contributed by atoms with Crippen LogP contribution in [0.15, 0.2) is 70.2 Å². The summed E-state index contributed by atoms with van der Waals surface area (Å²) in [6.07, 6.45) is 0. The first-order valence-electron chi connectivity index (χ1n) is 10.3. The fourth-order valence-corrected chi connectivity index (χ4v) is 4.55. The number of phenols is 1. The molecule has 8 nitrogen and oxygen atoms in total. The summed E-state index contributed by atoms with van der Waals surface area (Å²) in [4.78, 5) is 20.0. The minimum absolute atomic E-state index is 0.0722. The zero-order valence-corrected chi connectivity index (χ0v) is 19.0. The summed E-state index contributed by atoms with van der Waals surface area (Å²) >= 11 is 1.48. The molecule has 0 spiro atoms. The SMILES string of the molecule is COc1ccc(C2NC(=O)N(c3ccc(F)cc3)C(C)=C2c2nc(-c3cccs3)no2)cc1O. The van der Waals surface area contributed by atoms with E-state index in [0.717, 1.165) is 4.88 Å². The Labute approximate surface area is 197 Å². The standard InChI is InChI=1S/C24H19FN4O4S/c1-13-20(23-27-22(28-33-23)19-4-3-11-34-19)21(14-5-10-18(32-2)17(30)12-14)26-24(31)29(13)16-8-6-15(25)7-9-16/h3-12,21,30H,1-2H3,(H,26,31). The maximum atomic E-state index is 13.5. The van der Waals surface area contributed by atoms with Crippen molar-refractivity contribution in [1.82, 2.24) is 15.5 Å². The second-order valence-corrected chi connectivity index (χ2v) is 8.47. The highest BCUT2D eigenvalue weighted by Crippen LogP contribution is 2.41. The molecule has 1 unspecified atom stereocenters. The van der Waals surface area contributed by atoms with Crippen LogP contribution in [0, 0.1) is 5.82 Å². The van der Waals surface area contributed by atoms with E-state index in [1.54, 1.807) is 19.1 Å². The lowest BCUT2D eigenvalue weighted by molar-refractivity contribution is 0.244. The van der Waals surface area contributed by atoms with E-state index in [2.05, 4.69) is 15.5 Å². The maximum absolute atomic E-state index is 13.5. The number of anilines is 1. The van der Waals surface area contributed by atoms with Crippen LogP contribution in [0.1, 0.15) is 24.4 Å². The van der Waals surface area contributed by atoms with Gasteiger partial charge < -0.3 is 19.7 Å². The average molecular weight is 479 g/mol. The number of urea groups is 1. The Balaban J connectivity index is 1.66. The number of aromatic nitrogens is 2. The number of ether oxygens (including phenoxy) is 1. The lowest BCUT2D eigenvalue weighted by Gasteiger charge is -2.35. The summed E-state index contributed by atoms with van der Waals surface area (Å²) in [5.74, 6) is 0.461. The Morgan fingerprint density at radius 1 is 1.21 bits per heavy atom. The molecule has 34 heavy (non-hydrogen) atoms. The first kappa shape index (κ1) is 21.7. The van der Waals surface area contributed by atoms with Crippen molar-refractivity contribution in [2.75, 3.05) is 12.0 Å². The van der Waals surface area contributed by atoms with Gasteiger partial charge in [-0.2, -0.15) is 4.98 Å². The number of allylic oxidation sites excluding steroid dienone is 1. The second kappa shape index (κ2) is 8.64. The fourth-order valence-electron chi connectivity index (χ4n) is 3.90. The van der Waals surface area contributed by atoms with Crippen molar-refractivity contribution >= 4 is 28.6 Å². The predicted octanol–water partition coefficient (Wildman–Crippen LogP) is 5.35. The average Bonchev–Trinajstić information content (AvgIpc) is 3.52. The first-order valence-corrected chi connectivity index (χ1v) is 11.2. The van der Waals surface area contributed by atoms with Crippen LogP contribution in [0.4, 0.5) is 14.9 Å². The molecule has 0 fully saturated rings. The molecule has 1 atom stereocenters. The van der Waals surface area contributed by atoms with E-state index in [1.807, 2.05) is 17.5 Å². The van der Waals surface area contributed by atoms with Crippen LogP contribution in [-0.4, -0.2) is 28.4 Å². The van der Waals surface area contributed by atoms with Crippen molar-refractivity contribution in [2.24, 2.45) is 0 Å². The minimum Gasteiger partial charge on any atom is -0.504 e. The van der Waals surface area contributed by atoms with Gasteiger partial charge in [-0.05, 0) is 60.3 Å². The van der Waals surface area contributed by atoms with Crippen molar-refractivity contribution in [2.45, 2.75) is 13.0 Å². The summed E-state index contributed by atoms with van der Waals surface area (Å²) in [5, 5.41) is 19.3. The topological polar surface area (TPSA) is 101 Å². The molecule has 172 valence electrons. The van der Waals surface area contributed by atoms with Gasteiger partial charge in [-0.25, -0.2) is 9.18 Å². The van der Waals surface area contributed by atoms with Crippen molar-refractivity contribution in [3.63, 3.8) is 0 Å². The molecule has 2 aromatic carbocycles. The van der Waals surface area contributed by atoms with Gasteiger partial charge in [-0.1, -0.05) is 17.3 Å². The molecule has 3 heterocycles. The maximum Gasteiger partial charge on any atom is 0.326 e. The van der Waals surface area contributed by atoms with Crippen LogP contribution in [0.25, 0.3) is 16.3 Å². The molecule has 10 heteroatoms. The molecular weight excluding hydrogens is 459 g/mol. The number of carbonyl (C=O) groups excluding carboxylic acids is 1. The molecule has 1 aliphatic heterocycles. The van der Waals surface area contributed by atoms with E-state index in [-0.39, 0.29) is 11.6 Å². The van der Waals surface area contributed by atoms with E-state index in [1.165, 1.54) is 53.7 Å². The van der Waals surface area contributed by atoms with Crippen LogP contribution < -0.4 is 15.0 Å². The van der Waals surface area contributed by atoms with Gasteiger partial charge in [0.05, 0.1) is 29.3 Å². The van der Waals surface area contributed by atoms with E-state index in [0.29, 0.717) is 34.1 Å². The number of halogens is 1. The van der Waals surface area contributed by atoms with Gasteiger partial charge in [0.2, 0.25) is 5.82 Å². The number of amides is 2. The quantitative estimate of drug-likeness (QED) is 0.401. The number of hydrogen-bond acceptors (Lipinski definition) is 7. The Hall–Kier alpha value is -4.18. The molecule has 0 bridgehead atoms. The number of nitrogens with one attached hydrogen (secondary N) is 1. The normalized spacial score (nSPS) is 16.0. The number of hydrogen-bond donors (Lipinski definition) is 2. The predicted molar refractivity (Wildman–Crippen MR) is 125 cm³/mol. The molecular formula is C24H19FN4O4S. The van der Waals surface area contributed by atoms with Crippen LogP contribution in [0.3, 0.4) is 0 Å². The number of aromatic hydroxyl groups is 1. The second-order valence-electron chi connectivity index (χ2n) is 7.53. The number of rotatable bonds is 5. The molecule has 0 saturated heterocycles. The van der Waals surface area contributed by atoms with Gasteiger partial charge in [0, 0.05) is 5.70 Å². The lowest BCUT2D eigenvalue weighted by Crippen LogP contribution is -2.46. The lowest BCUT2D eigenvalue weighted by atomic mass is 9.94. The van der Waals surface area contributed by atoms with Crippen LogP contribution in [0.2, 0.25) is 0 Å². The zero-order valence-electron chi connectivity index (χ0n) is 18.2. The summed E-state index contributed by atoms with van der Waals surface area (Å²) < 4.78 is 24.3. The molecule has 5 rings (SSSR count). The Morgan fingerprint density at radius 2 is 2.00 bits per heavy atom. The number of nitrogens with zero attached hydrogens (tertiary/aromatic N) is 3. The molecule has 0 radical (unpaired) electrons. The van der Waals surface area contributed by atoms with Gasteiger partial charge in [0.15, 0.2) is 11.5 Å². The van der Waals surface area contributed by atoms with E-state index in [4.69, 9.17) is 9.26 Å². The van der Waals surface area contributed by atoms with Crippen LogP contribution in [-0.2, 0) is 0 Å². The van der Waals surface area contributed by atoms with Gasteiger partial charge in [-0.3, -0.25) is 4.90 Å². The van der Waals surface area contributed by atoms with E-state index >= 15 is 0 Å². The molecule has 2 N–H and O–H groups in total. The van der Waals surface area contributed by atoms with Gasteiger partial charge in [0.1, 0.15) is 5.82 Å². The largest absolute Gasteiger partial charge is 0.504 e. The molecule has 4 aromatic rings. The summed E-state index contributed by atoms with van der Waals surface area (Å²) in [7, 11) is 1.46. The van der Waals surface area contributed by atoms with Gasteiger partial charge in [0.25, 0.3) is 5.89 Å². The minimum atomic E-state index is -0.697. The fraction of sp³-hybridized carbons (Fsp3) is 0.125. The Kier molecular flexibility index (Phi) is 5.50. The summed E-state index contributed by atoms with van der Waals surface area (Å²) in [5.41, 5.74) is 2.14. The number of phenolic OH excluding ortho intramolecular Hbond substituents is 1. The first-order chi connectivity index (χ1) is 16.5. The molecule has 0 saturated carbocycles. The third-order valence-corrected chi connectivity index (χ3v) is 6.37. The summed E-state index contributed by atoms with van der Waals surface area (Å²) in [6.45, 7) is 1.75. The molecule has 2 amide bonds. The Morgan fingerprint density at radius 3 is 2.68 bits per heavy atom. The number of thiophene rings is 1. The molecule has 0 aliphatic carbocycles. The van der Waals surface area contributed by atoms with Gasteiger partial charge >= 0.3 is 6.03 Å². The van der Waals surface area contributed by atoms with Crippen molar-refractivity contribution in [3.8, 4) is 22.2 Å². The van der Waals surface area contributed by atoms with Gasteiger partial charge in [-0.15, -0.1) is 11.3 Å². The monoisotopic (exact) mass is 478 g/mol. The molecule has 1 aliphatic rings. The zero-order chi connectivity index (χ0) is 23.8. The van der Waals surface area contributed by atoms with E-state index < -0.39 is 17.9 Å².